The molecule has 102 valence electrons. The van der Waals surface area contributed by atoms with E-state index in [2.05, 4.69) is 5.32 Å². The zero-order valence-electron chi connectivity index (χ0n) is 11.4. The van der Waals surface area contributed by atoms with Gasteiger partial charge in [0.25, 0.3) is 5.91 Å². The topological polar surface area (TPSA) is 58.6 Å². The number of urea groups is 1. The van der Waals surface area contributed by atoms with E-state index in [1.165, 1.54) is 12.0 Å². The minimum absolute atomic E-state index is 0.238. The molecule has 3 amide bonds. The lowest BCUT2D eigenvalue weighted by molar-refractivity contribution is -0.131. The molecule has 0 saturated carbocycles. The van der Waals surface area contributed by atoms with E-state index >= 15 is 0 Å². The van der Waals surface area contributed by atoms with Gasteiger partial charge in [-0.1, -0.05) is 29.8 Å². The van der Waals surface area contributed by atoms with Gasteiger partial charge in [-0.25, -0.2) is 4.79 Å². The Morgan fingerprint density at radius 1 is 1.26 bits per heavy atom. The van der Waals surface area contributed by atoms with Crippen molar-refractivity contribution >= 4 is 11.9 Å². The van der Waals surface area contributed by atoms with Crippen molar-refractivity contribution in [2.45, 2.75) is 19.4 Å². The van der Waals surface area contributed by atoms with Crippen molar-refractivity contribution in [2.24, 2.45) is 0 Å². The predicted molar refractivity (Wildman–Crippen MR) is 70.7 cm³/mol. The molecule has 1 unspecified atom stereocenters. The van der Waals surface area contributed by atoms with Crippen molar-refractivity contribution in [3.05, 3.63) is 35.4 Å². The molecule has 1 atom stereocenters. The van der Waals surface area contributed by atoms with E-state index in [0.29, 0.717) is 6.61 Å². The van der Waals surface area contributed by atoms with Gasteiger partial charge in [0, 0.05) is 7.11 Å². The standard InChI is InChI=1S/C14H18N2O3/c1-10-4-6-11(7-5-10)14(2)12(17)16(8-9-19-3)13(18)15-14/h4-7H,8-9H2,1-3H3,(H,15,18). The molecule has 19 heavy (non-hydrogen) atoms. The summed E-state index contributed by atoms with van der Waals surface area (Å²) >= 11 is 0. The van der Waals surface area contributed by atoms with Gasteiger partial charge in [0.2, 0.25) is 0 Å². The van der Waals surface area contributed by atoms with E-state index in [1.54, 1.807) is 6.92 Å². The highest BCUT2D eigenvalue weighted by Gasteiger charge is 2.48. The van der Waals surface area contributed by atoms with Crippen LogP contribution in [0.5, 0.6) is 0 Å². The Kier molecular flexibility index (Phi) is 3.57. The first-order chi connectivity index (χ1) is 8.99. The predicted octanol–water partition coefficient (Wildman–Crippen LogP) is 1.41. The SMILES string of the molecule is COCCN1C(=O)NC(C)(c2ccc(C)cc2)C1=O. The molecule has 0 spiro atoms. The van der Waals surface area contributed by atoms with Crippen LogP contribution in [0.4, 0.5) is 4.79 Å². The van der Waals surface area contributed by atoms with Gasteiger partial charge in [0.15, 0.2) is 0 Å². The summed E-state index contributed by atoms with van der Waals surface area (Å²) in [6.07, 6.45) is 0. The van der Waals surface area contributed by atoms with Crippen LogP contribution in [-0.2, 0) is 15.1 Å². The maximum atomic E-state index is 12.4. The molecule has 0 radical (unpaired) electrons. The molecule has 1 aliphatic rings. The molecule has 5 heteroatoms. The minimum Gasteiger partial charge on any atom is -0.383 e. The van der Waals surface area contributed by atoms with Crippen molar-refractivity contribution in [3.8, 4) is 0 Å². The van der Waals surface area contributed by atoms with E-state index in [1.807, 2.05) is 31.2 Å². The van der Waals surface area contributed by atoms with Gasteiger partial charge in [0.05, 0.1) is 13.2 Å². The van der Waals surface area contributed by atoms with E-state index in [0.717, 1.165) is 11.1 Å². The normalized spacial score (nSPS) is 22.8. The number of carbonyl (C=O) groups excluding carboxylic acids is 2. The molecule has 2 rings (SSSR count). The van der Waals surface area contributed by atoms with Crippen LogP contribution >= 0.6 is 0 Å². The van der Waals surface area contributed by atoms with Gasteiger partial charge in [-0.3, -0.25) is 9.69 Å². The van der Waals surface area contributed by atoms with Gasteiger partial charge in [-0.2, -0.15) is 0 Å². The Bertz CT molecular complexity index is 498. The number of nitrogens with zero attached hydrogens (tertiary/aromatic N) is 1. The lowest BCUT2D eigenvalue weighted by Gasteiger charge is -2.22. The maximum absolute atomic E-state index is 12.4. The Balaban J connectivity index is 2.27. The summed E-state index contributed by atoms with van der Waals surface area (Å²) in [6, 6.07) is 7.22. The lowest BCUT2D eigenvalue weighted by Crippen LogP contribution is -2.41. The van der Waals surface area contributed by atoms with Gasteiger partial charge in [-0.05, 0) is 19.4 Å². The number of nitrogens with one attached hydrogen (secondary N) is 1. The second-order valence-corrected chi connectivity index (χ2v) is 4.87. The number of hydrogen-bond acceptors (Lipinski definition) is 3. The Labute approximate surface area is 112 Å². The van der Waals surface area contributed by atoms with Crippen LogP contribution in [0.2, 0.25) is 0 Å². The highest BCUT2D eigenvalue weighted by atomic mass is 16.5. The second-order valence-electron chi connectivity index (χ2n) is 4.87. The Morgan fingerprint density at radius 2 is 1.89 bits per heavy atom. The summed E-state index contributed by atoms with van der Waals surface area (Å²) in [5.74, 6) is -0.238. The smallest absolute Gasteiger partial charge is 0.325 e. The van der Waals surface area contributed by atoms with Crippen LogP contribution in [0.1, 0.15) is 18.1 Å². The number of rotatable bonds is 4. The molecule has 1 N–H and O–H groups in total. The third-order valence-electron chi connectivity index (χ3n) is 3.42. The average Bonchev–Trinajstić information content (AvgIpc) is 2.60. The molecule has 0 bridgehead atoms. The first-order valence-electron chi connectivity index (χ1n) is 6.19. The van der Waals surface area contributed by atoms with E-state index in [9.17, 15) is 9.59 Å². The zero-order valence-corrected chi connectivity index (χ0v) is 11.4. The Hall–Kier alpha value is -1.88. The molecule has 0 aliphatic carbocycles. The molecule has 1 fully saturated rings. The molecule has 1 heterocycles. The van der Waals surface area contributed by atoms with Gasteiger partial charge >= 0.3 is 6.03 Å². The second kappa shape index (κ2) is 5.01. The van der Waals surface area contributed by atoms with E-state index < -0.39 is 5.54 Å². The number of ether oxygens (including phenoxy) is 1. The van der Waals surface area contributed by atoms with E-state index in [4.69, 9.17) is 4.74 Å². The first-order valence-corrected chi connectivity index (χ1v) is 6.19. The quantitative estimate of drug-likeness (QED) is 0.835. The molecule has 1 aliphatic heterocycles. The number of carbonyl (C=O) groups is 2. The summed E-state index contributed by atoms with van der Waals surface area (Å²) in [5.41, 5.74) is 0.912. The van der Waals surface area contributed by atoms with E-state index in [-0.39, 0.29) is 18.5 Å². The van der Waals surface area contributed by atoms with Crippen molar-refractivity contribution in [2.75, 3.05) is 20.3 Å². The highest BCUT2D eigenvalue weighted by molar-refractivity contribution is 6.07. The fourth-order valence-electron chi connectivity index (χ4n) is 2.17. The van der Waals surface area contributed by atoms with Crippen molar-refractivity contribution < 1.29 is 14.3 Å². The van der Waals surface area contributed by atoms with Crippen molar-refractivity contribution in [3.63, 3.8) is 0 Å². The van der Waals surface area contributed by atoms with Crippen molar-refractivity contribution in [1.82, 2.24) is 10.2 Å². The number of benzene rings is 1. The third kappa shape index (κ3) is 2.33. The summed E-state index contributed by atoms with van der Waals surface area (Å²) in [5, 5.41) is 2.76. The summed E-state index contributed by atoms with van der Waals surface area (Å²) in [6.45, 7) is 4.31. The monoisotopic (exact) mass is 262 g/mol. The van der Waals surface area contributed by atoms with Crippen LogP contribution in [0.3, 0.4) is 0 Å². The van der Waals surface area contributed by atoms with Crippen LogP contribution < -0.4 is 5.32 Å². The number of hydrogen-bond donors (Lipinski definition) is 1. The lowest BCUT2D eigenvalue weighted by atomic mass is 9.91. The molecule has 0 aromatic heterocycles. The summed E-state index contributed by atoms with van der Waals surface area (Å²) in [4.78, 5) is 25.5. The third-order valence-corrected chi connectivity index (χ3v) is 3.42. The maximum Gasteiger partial charge on any atom is 0.325 e. The first kappa shape index (κ1) is 13.5. The molecule has 5 nitrogen and oxygen atoms in total. The summed E-state index contributed by atoms with van der Waals surface area (Å²) in [7, 11) is 1.54. The highest BCUT2D eigenvalue weighted by Crippen LogP contribution is 2.28. The fourth-order valence-corrected chi connectivity index (χ4v) is 2.17. The fraction of sp³-hybridized carbons (Fsp3) is 0.429. The molecule has 1 saturated heterocycles. The van der Waals surface area contributed by atoms with Gasteiger partial charge in [-0.15, -0.1) is 0 Å². The number of methoxy groups -OCH3 is 1. The zero-order chi connectivity index (χ0) is 14.0. The van der Waals surface area contributed by atoms with Crippen LogP contribution in [0.25, 0.3) is 0 Å². The summed E-state index contributed by atoms with van der Waals surface area (Å²) < 4.78 is 4.92. The van der Waals surface area contributed by atoms with Gasteiger partial charge in [0.1, 0.15) is 5.54 Å². The molecule has 1 aromatic rings. The largest absolute Gasteiger partial charge is 0.383 e. The molecular formula is C14H18N2O3. The number of aryl methyl sites for hydroxylation is 1. The number of amides is 3. The van der Waals surface area contributed by atoms with Crippen molar-refractivity contribution in [1.29, 1.82) is 0 Å². The van der Waals surface area contributed by atoms with Crippen LogP contribution in [0.15, 0.2) is 24.3 Å². The van der Waals surface area contributed by atoms with Crippen LogP contribution in [-0.4, -0.2) is 37.1 Å². The Morgan fingerprint density at radius 3 is 2.47 bits per heavy atom. The average molecular weight is 262 g/mol. The molecule has 1 aromatic carbocycles. The molecular weight excluding hydrogens is 244 g/mol. The van der Waals surface area contributed by atoms with Crippen LogP contribution in [0, 0.1) is 6.92 Å². The van der Waals surface area contributed by atoms with Gasteiger partial charge < -0.3 is 10.1 Å². The minimum atomic E-state index is -0.988. The number of imide groups is 1.